The van der Waals surface area contributed by atoms with Crippen LogP contribution in [0.2, 0.25) is 0 Å². The van der Waals surface area contributed by atoms with Crippen molar-refractivity contribution in [1.29, 1.82) is 0 Å². The Morgan fingerprint density at radius 1 is 1.42 bits per heavy atom. The van der Waals surface area contributed by atoms with Crippen molar-refractivity contribution in [2.24, 2.45) is 5.92 Å². The van der Waals surface area contributed by atoms with Crippen LogP contribution in [-0.4, -0.2) is 48.7 Å². The summed E-state index contributed by atoms with van der Waals surface area (Å²) < 4.78 is 0. The van der Waals surface area contributed by atoms with Crippen LogP contribution in [-0.2, 0) is 0 Å². The standard InChI is InChI=1S/C15H25N3O/c1-12(19)15-5-4-14(10-16-15)18(3)11-13-6-8-17(2)9-7-13/h4-5,10,12-13,19H,6-9,11H2,1-3H3. The number of aromatic nitrogens is 1. The lowest BCUT2D eigenvalue weighted by Crippen LogP contribution is -2.35. The summed E-state index contributed by atoms with van der Waals surface area (Å²) in [6.07, 6.45) is 3.92. The first-order valence-corrected chi connectivity index (χ1v) is 7.10. The van der Waals surface area contributed by atoms with E-state index in [0.29, 0.717) is 0 Å². The Kier molecular flexibility index (Phi) is 4.77. The first kappa shape index (κ1) is 14.3. The summed E-state index contributed by atoms with van der Waals surface area (Å²) in [5, 5.41) is 9.46. The molecule has 4 heteroatoms. The lowest BCUT2D eigenvalue weighted by molar-refractivity contribution is 0.194. The number of aliphatic hydroxyl groups is 1. The van der Waals surface area contributed by atoms with E-state index >= 15 is 0 Å². The van der Waals surface area contributed by atoms with Crippen LogP contribution in [0, 0.1) is 5.92 Å². The van der Waals surface area contributed by atoms with Crippen molar-refractivity contribution in [3.63, 3.8) is 0 Å². The lowest BCUT2D eigenvalue weighted by Gasteiger charge is -2.32. The van der Waals surface area contributed by atoms with E-state index in [1.165, 1.54) is 25.9 Å². The quantitative estimate of drug-likeness (QED) is 0.901. The molecule has 1 fully saturated rings. The summed E-state index contributed by atoms with van der Waals surface area (Å²) >= 11 is 0. The highest BCUT2D eigenvalue weighted by atomic mass is 16.3. The van der Waals surface area contributed by atoms with Crippen LogP contribution in [0.3, 0.4) is 0 Å². The molecule has 1 aromatic rings. The van der Waals surface area contributed by atoms with Crippen molar-refractivity contribution < 1.29 is 5.11 Å². The first-order chi connectivity index (χ1) is 9.06. The van der Waals surface area contributed by atoms with Gasteiger partial charge in [0, 0.05) is 13.6 Å². The normalized spacial score (nSPS) is 19.4. The molecule has 1 aliphatic rings. The maximum absolute atomic E-state index is 9.46. The maximum atomic E-state index is 9.46. The Hall–Kier alpha value is -1.13. The van der Waals surface area contributed by atoms with E-state index in [-0.39, 0.29) is 0 Å². The summed E-state index contributed by atoms with van der Waals surface area (Å²) in [5.41, 5.74) is 1.86. The molecule has 4 nitrogen and oxygen atoms in total. The van der Waals surface area contributed by atoms with Crippen molar-refractivity contribution in [2.75, 3.05) is 38.6 Å². The zero-order valence-corrected chi connectivity index (χ0v) is 12.2. The topological polar surface area (TPSA) is 39.6 Å². The monoisotopic (exact) mass is 263 g/mol. The highest BCUT2D eigenvalue weighted by molar-refractivity contribution is 5.43. The summed E-state index contributed by atoms with van der Waals surface area (Å²) in [6.45, 7) is 5.24. The molecule has 1 unspecified atom stereocenters. The van der Waals surface area contributed by atoms with E-state index < -0.39 is 6.10 Å². The van der Waals surface area contributed by atoms with Crippen LogP contribution in [0.25, 0.3) is 0 Å². The van der Waals surface area contributed by atoms with Gasteiger partial charge in [-0.05, 0) is 58.0 Å². The summed E-state index contributed by atoms with van der Waals surface area (Å²) in [6, 6.07) is 3.95. The van der Waals surface area contributed by atoms with Crippen LogP contribution in [0.1, 0.15) is 31.6 Å². The molecule has 0 aliphatic carbocycles. The van der Waals surface area contributed by atoms with Crippen LogP contribution in [0.4, 0.5) is 5.69 Å². The van der Waals surface area contributed by atoms with Crippen LogP contribution < -0.4 is 4.90 Å². The molecule has 1 atom stereocenters. The van der Waals surface area contributed by atoms with Gasteiger partial charge in [-0.3, -0.25) is 4.98 Å². The van der Waals surface area contributed by atoms with Crippen LogP contribution >= 0.6 is 0 Å². The molecule has 106 valence electrons. The van der Waals surface area contributed by atoms with E-state index in [9.17, 15) is 5.11 Å². The predicted molar refractivity (Wildman–Crippen MR) is 78.4 cm³/mol. The van der Waals surface area contributed by atoms with Crippen molar-refractivity contribution in [1.82, 2.24) is 9.88 Å². The van der Waals surface area contributed by atoms with Gasteiger partial charge in [0.05, 0.1) is 23.7 Å². The Morgan fingerprint density at radius 3 is 2.63 bits per heavy atom. The fraction of sp³-hybridized carbons (Fsp3) is 0.667. The van der Waals surface area contributed by atoms with Gasteiger partial charge in [0.15, 0.2) is 0 Å². The van der Waals surface area contributed by atoms with Crippen molar-refractivity contribution in [3.8, 4) is 0 Å². The van der Waals surface area contributed by atoms with Gasteiger partial charge in [-0.15, -0.1) is 0 Å². The molecule has 0 aromatic carbocycles. The van der Waals surface area contributed by atoms with Gasteiger partial charge < -0.3 is 14.9 Å². The smallest absolute Gasteiger partial charge is 0.0931 e. The van der Waals surface area contributed by atoms with Crippen LogP contribution in [0.5, 0.6) is 0 Å². The van der Waals surface area contributed by atoms with Crippen molar-refractivity contribution >= 4 is 5.69 Å². The molecule has 0 saturated carbocycles. The van der Waals surface area contributed by atoms with E-state index in [1.54, 1.807) is 6.92 Å². The molecule has 0 radical (unpaired) electrons. The average molecular weight is 263 g/mol. The molecule has 0 amide bonds. The predicted octanol–water partition coefficient (Wildman–Crippen LogP) is 1.91. The SMILES string of the molecule is CC(O)c1ccc(N(C)CC2CCN(C)CC2)cn1. The molecule has 2 rings (SSSR count). The largest absolute Gasteiger partial charge is 0.387 e. The number of rotatable bonds is 4. The van der Waals surface area contributed by atoms with Gasteiger partial charge in [-0.2, -0.15) is 0 Å². The van der Waals surface area contributed by atoms with E-state index in [2.05, 4.69) is 28.9 Å². The number of nitrogens with zero attached hydrogens (tertiary/aromatic N) is 3. The molecule has 1 N–H and O–H groups in total. The Morgan fingerprint density at radius 2 is 2.11 bits per heavy atom. The Balaban J connectivity index is 1.90. The van der Waals surface area contributed by atoms with Gasteiger partial charge in [-0.1, -0.05) is 0 Å². The summed E-state index contributed by atoms with van der Waals surface area (Å²) in [7, 11) is 4.32. The summed E-state index contributed by atoms with van der Waals surface area (Å²) in [5.74, 6) is 0.776. The maximum Gasteiger partial charge on any atom is 0.0931 e. The second-order valence-electron chi connectivity index (χ2n) is 5.74. The Labute approximate surface area is 116 Å². The minimum atomic E-state index is -0.492. The highest BCUT2D eigenvalue weighted by Crippen LogP contribution is 2.21. The minimum Gasteiger partial charge on any atom is -0.387 e. The zero-order valence-electron chi connectivity index (χ0n) is 12.2. The van der Waals surface area contributed by atoms with Gasteiger partial charge in [0.2, 0.25) is 0 Å². The van der Waals surface area contributed by atoms with Gasteiger partial charge >= 0.3 is 0 Å². The third kappa shape index (κ3) is 3.91. The number of aliphatic hydroxyl groups excluding tert-OH is 1. The fourth-order valence-corrected chi connectivity index (χ4v) is 2.61. The van der Waals surface area contributed by atoms with Gasteiger partial charge in [0.25, 0.3) is 0 Å². The molecule has 1 aliphatic heterocycles. The molecular formula is C15H25N3O. The van der Waals surface area contributed by atoms with Gasteiger partial charge in [0.1, 0.15) is 0 Å². The minimum absolute atomic E-state index is 0.492. The third-order valence-corrected chi connectivity index (χ3v) is 4.01. The molecule has 0 spiro atoms. The molecule has 2 heterocycles. The second kappa shape index (κ2) is 6.35. The third-order valence-electron chi connectivity index (χ3n) is 4.01. The molecule has 1 saturated heterocycles. The van der Waals surface area contributed by atoms with E-state index in [1.807, 2.05) is 18.3 Å². The number of likely N-dealkylation sites (tertiary alicyclic amines) is 1. The van der Waals surface area contributed by atoms with Crippen molar-refractivity contribution in [3.05, 3.63) is 24.0 Å². The zero-order chi connectivity index (χ0) is 13.8. The average Bonchev–Trinajstić information content (AvgIpc) is 2.41. The van der Waals surface area contributed by atoms with Crippen molar-refractivity contribution in [2.45, 2.75) is 25.9 Å². The number of pyridine rings is 1. The molecule has 1 aromatic heterocycles. The fourth-order valence-electron chi connectivity index (χ4n) is 2.61. The second-order valence-corrected chi connectivity index (χ2v) is 5.74. The molecule has 0 bridgehead atoms. The Bertz CT molecular complexity index is 383. The van der Waals surface area contributed by atoms with E-state index in [4.69, 9.17) is 0 Å². The summed E-state index contributed by atoms with van der Waals surface area (Å²) in [4.78, 5) is 8.98. The number of hydrogen-bond acceptors (Lipinski definition) is 4. The lowest BCUT2D eigenvalue weighted by atomic mass is 9.96. The number of hydrogen-bond donors (Lipinski definition) is 1. The molecule has 19 heavy (non-hydrogen) atoms. The van der Waals surface area contributed by atoms with Crippen LogP contribution in [0.15, 0.2) is 18.3 Å². The number of anilines is 1. The van der Waals surface area contributed by atoms with E-state index in [0.717, 1.165) is 23.8 Å². The molecular weight excluding hydrogens is 238 g/mol. The van der Waals surface area contributed by atoms with Gasteiger partial charge in [-0.25, -0.2) is 0 Å². The first-order valence-electron chi connectivity index (χ1n) is 7.10. The number of piperidine rings is 1. The highest BCUT2D eigenvalue weighted by Gasteiger charge is 2.18.